The van der Waals surface area contributed by atoms with Gasteiger partial charge in [-0.25, -0.2) is 4.98 Å². The van der Waals surface area contributed by atoms with Crippen LogP contribution in [-0.2, 0) is 0 Å². The van der Waals surface area contributed by atoms with E-state index in [1.54, 1.807) is 0 Å². The highest BCUT2D eigenvalue weighted by atomic mass is 35.5. The molecule has 2 rings (SSSR count). The van der Waals surface area contributed by atoms with Crippen molar-refractivity contribution in [1.29, 1.82) is 0 Å². The van der Waals surface area contributed by atoms with Crippen LogP contribution in [0.4, 0.5) is 15.8 Å². The average Bonchev–Trinajstić information content (AvgIpc) is 2.41. The van der Waals surface area contributed by atoms with Crippen LogP contribution >= 0.6 is 11.6 Å². The van der Waals surface area contributed by atoms with E-state index < -0.39 is 16.8 Å². The number of pyridine rings is 1. The molecule has 102 valence electrons. The summed E-state index contributed by atoms with van der Waals surface area (Å²) in [4.78, 5) is 25.1. The van der Waals surface area contributed by atoms with Gasteiger partial charge in [0.25, 0.3) is 11.6 Å². The van der Waals surface area contributed by atoms with Crippen LogP contribution < -0.4 is 5.32 Å². The Kier molecular flexibility index (Phi) is 3.90. The first kappa shape index (κ1) is 13.9. The van der Waals surface area contributed by atoms with Gasteiger partial charge in [0, 0.05) is 18.3 Å². The quantitative estimate of drug-likeness (QED) is 0.536. The molecule has 0 unspecified atom stereocenters. The molecule has 0 atom stereocenters. The van der Waals surface area contributed by atoms with Crippen molar-refractivity contribution in [2.45, 2.75) is 0 Å². The summed E-state index contributed by atoms with van der Waals surface area (Å²) in [6.07, 6.45) is 1.21. The fourth-order valence-corrected chi connectivity index (χ4v) is 1.69. The molecule has 1 heterocycles. The molecule has 8 heteroatoms. The second-order valence-electron chi connectivity index (χ2n) is 3.72. The highest BCUT2D eigenvalue weighted by Gasteiger charge is 2.15. The first-order chi connectivity index (χ1) is 9.49. The molecule has 0 aliphatic carbocycles. The van der Waals surface area contributed by atoms with Crippen molar-refractivity contribution in [2.75, 3.05) is 5.32 Å². The number of anilines is 1. The summed E-state index contributed by atoms with van der Waals surface area (Å²) in [6, 6.07) is 6.22. The van der Waals surface area contributed by atoms with Gasteiger partial charge in [-0.15, -0.1) is 0 Å². The fourth-order valence-electron chi connectivity index (χ4n) is 1.46. The Morgan fingerprint density at radius 3 is 2.75 bits per heavy atom. The minimum absolute atomic E-state index is 0.0168. The van der Waals surface area contributed by atoms with E-state index in [4.69, 9.17) is 11.6 Å². The van der Waals surface area contributed by atoms with Crippen molar-refractivity contribution in [3.63, 3.8) is 0 Å². The van der Waals surface area contributed by atoms with Gasteiger partial charge in [-0.05, 0) is 18.2 Å². The van der Waals surface area contributed by atoms with Crippen molar-refractivity contribution in [3.8, 4) is 0 Å². The van der Waals surface area contributed by atoms with Gasteiger partial charge in [-0.3, -0.25) is 14.9 Å². The van der Waals surface area contributed by atoms with Gasteiger partial charge in [-0.1, -0.05) is 11.6 Å². The summed E-state index contributed by atoms with van der Waals surface area (Å²) < 4.78 is 13.3. The predicted molar refractivity (Wildman–Crippen MR) is 70.3 cm³/mol. The lowest BCUT2D eigenvalue weighted by atomic mass is 10.2. The molecule has 0 saturated heterocycles. The summed E-state index contributed by atoms with van der Waals surface area (Å²) >= 11 is 5.82. The van der Waals surface area contributed by atoms with E-state index in [2.05, 4.69) is 10.3 Å². The predicted octanol–water partition coefficient (Wildman–Crippen LogP) is 3.03. The number of halogens is 2. The number of hydrogen-bond acceptors (Lipinski definition) is 4. The molecule has 1 aromatic heterocycles. The highest BCUT2D eigenvalue weighted by molar-refractivity contribution is 6.34. The Bertz CT molecular complexity index is 693. The molecular weight excluding hydrogens is 289 g/mol. The van der Waals surface area contributed by atoms with Crippen molar-refractivity contribution < 1.29 is 14.1 Å². The Balaban J connectivity index is 2.25. The normalized spacial score (nSPS) is 10.1. The van der Waals surface area contributed by atoms with Crippen LogP contribution in [0.1, 0.15) is 10.4 Å². The van der Waals surface area contributed by atoms with Crippen LogP contribution in [0.2, 0.25) is 5.02 Å². The number of rotatable bonds is 3. The van der Waals surface area contributed by atoms with Gasteiger partial charge in [-0.2, -0.15) is 4.39 Å². The second kappa shape index (κ2) is 5.62. The monoisotopic (exact) mass is 295 g/mol. The number of nitro groups is 1. The lowest BCUT2D eigenvalue weighted by Crippen LogP contribution is -2.14. The molecule has 20 heavy (non-hydrogen) atoms. The van der Waals surface area contributed by atoms with E-state index in [1.165, 1.54) is 30.5 Å². The molecule has 0 spiro atoms. The molecule has 1 amide bonds. The highest BCUT2D eigenvalue weighted by Crippen LogP contribution is 2.27. The third-order valence-corrected chi connectivity index (χ3v) is 2.73. The lowest BCUT2D eigenvalue weighted by Gasteiger charge is -2.07. The number of aromatic nitrogens is 1. The van der Waals surface area contributed by atoms with Crippen LogP contribution in [0.3, 0.4) is 0 Å². The van der Waals surface area contributed by atoms with Crippen LogP contribution in [0, 0.1) is 16.1 Å². The van der Waals surface area contributed by atoms with E-state index in [1.807, 2.05) is 0 Å². The van der Waals surface area contributed by atoms with Crippen molar-refractivity contribution in [1.82, 2.24) is 4.98 Å². The summed E-state index contributed by atoms with van der Waals surface area (Å²) in [5.74, 6) is -1.66. The molecule has 0 radical (unpaired) electrons. The standard InChI is InChI=1S/C12H7ClFN3O3/c13-9-6-7(17(19)20)3-4-10(9)16-12(18)8-2-1-5-15-11(8)14/h1-6H,(H,16,18). The molecular formula is C12H7ClFN3O3. The molecule has 0 saturated carbocycles. The molecule has 0 aliphatic rings. The number of benzene rings is 1. The maximum absolute atomic E-state index is 13.3. The van der Waals surface area contributed by atoms with Crippen molar-refractivity contribution >= 4 is 28.9 Å². The van der Waals surface area contributed by atoms with Crippen molar-refractivity contribution in [2.24, 2.45) is 0 Å². The molecule has 1 N–H and O–H groups in total. The number of nitro benzene ring substituents is 1. The zero-order valence-corrected chi connectivity index (χ0v) is 10.6. The largest absolute Gasteiger partial charge is 0.320 e. The van der Waals surface area contributed by atoms with Gasteiger partial charge in [0.05, 0.1) is 21.2 Å². The number of hydrogen-bond donors (Lipinski definition) is 1. The first-order valence-electron chi connectivity index (χ1n) is 5.35. The summed E-state index contributed by atoms with van der Waals surface area (Å²) in [5, 5.41) is 12.9. The third-order valence-electron chi connectivity index (χ3n) is 2.42. The molecule has 0 aliphatic heterocycles. The molecule has 0 fully saturated rings. The van der Waals surface area contributed by atoms with E-state index in [9.17, 15) is 19.3 Å². The zero-order chi connectivity index (χ0) is 14.7. The minimum Gasteiger partial charge on any atom is -0.320 e. The number of carbonyl (C=O) groups is 1. The molecule has 6 nitrogen and oxygen atoms in total. The number of nitrogens with zero attached hydrogens (tertiary/aromatic N) is 2. The Labute approximate surface area is 117 Å². The second-order valence-corrected chi connectivity index (χ2v) is 4.12. The summed E-state index contributed by atoms with van der Waals surface area (Å²) in [5.41, 5.74) is -0.312. The maximum Gasteiger partial charge on any atom is 0.271 e. The SMILES string of the molecule is O=C(Nc1ccc([N+](=O)[O-])cc1Cl)c1cccnc1F. The number of amides is 1. The molecule has 2 aromatic rings. The minimum atomic E-state index is -0.914. The smallest absolute Gasteiger partial charge is 0.271 e. The van der Waals surface area contributed by atoms with E-state index in [-0.39, 0.29) is 22.0 Å². The third kappa shape index (κ3) is 2.89. The van der Waals surface area contributed by atoms with E-state index in [0.29, 0.717) is 0 Å². The van der Waals surface area contributed by atoms with Gasteiger partial charge in [0.15, 0.2) is 0 Å². The Hall–Kier alpha value is -2.54. The Morgan fingerprint density at radius 2 is 2.15 bits per heavy atom. The zero-order valence-electron chi connectivity index (χ0n) is 9.84. The average molecular weight is 296 g/mol. The number of carbonyl (C=O) groups excluding carboxylic acids is 1. The topological polar surface area (TPSA) is 85.1 Å². The number of nitrogens with one attached hydrogen (secondary N) is 1. The lowest BCUT2D eigenvalue weighted by molar-refractivity contribution is -0.384. The fraction of sp³-hybridized carbons (Fsp3) is 0. The summed E-state index contributed by atoms with van der Waals surface area (Å²) in [6.45, 7) is 0. The van der Waals surface area contributed by atoms with Gasteiger partial charge in [0.1, 0.15) is 0 Å². The van der Waals surface area contributed by atoms with Crippen LogP contribution in [0.15, 0.2) is 36.5 Å². The van der Waals surface area contributed by atoms with Crippen molar-refractivity contribution in [3.05, 3.63) is 63.2 Å². The molecule has 1 aromatic carbocycles. The van der Waals surface area contributed by atoms with Crippen LogP contribution in [0.25, 0.3) is 0 Å². The number of non-ortho nitro benzene ring substituents is 1. The first-order valence-corrected chi connectivity index (χ1v) is 5.72. The Morgan fingerprint density at radius 1 is 1.40 bits per heavy atom. The van der Waals surface area contributed by atoms with Gasteiger partial charge < -0.3 is 5.32 Å². The van der Waals surface area contributed by atoms with Crippen LogP contribution in [0.5, 0.6) is 0 Å². The molecule has 0 bridgehead atoms. The van der Waals surface area contributed by atoms with E-state index >= 15 is 0 Å². The van der Waals surface area contributed by atoms with Gasteiger partial charge in [0.2, 0.25) is 5.95 Å². The summed E-state index contributed by atoms with van der Waals surface area (Å²) in [7, 11) is 0. The maximum atomic E-state index is 13.3. The van der Waals surface area contributed by atoms with Crippen LogP contribution in [-0.4, -0.2) is 15.8 Å². The van der Waals surface area contributed by atoms with E-state index in [0.717, 1.165) is 6.07 Å². The van der Waals surface area contributed by atoms with Gasteiger partial charge >= 0.3 is 0 Å².